The maximum Gasteiger partial charge on any atom is 0.241 e. The third kappa shape index (κ3) is 3.08. The number of hydrogen-bond donors (Lipinski definition) is 2. The lowest BCUT2D eigenvalue weighted by Gasteiger charge is -2.28. The average Bonchev–Trinajstić information content (AvgIpc) is 2.55. The SMILES string of the molecule is CCC1CCCC(Oc2nc(NN)nc3ccccc23)C1. The molecule has 3 rings (SSSR count). The number of benzene rings is 1. The Morgan fingerprint density at radius 2 is 2.14 bits per heavy atom. The number of nitrogens with zero attached hydrogens (tertiary/aromatic N) is 2. The summed E-state index contributed by atoms with van der Waals surface area (Å²) < 4.78 is 6.20. The Morgan fingerprint density at radius 3 is 2.95 bits per heavy atom. The molecule has 1 fully saturated rings. The normalized spacial score (nSPS) is 22.2. The Hall–Kier alpha value is -1.88. The van der Waals surface area contributed by atoms with Gasteiger partial charge in [0.05, 0.1) is 10.9 Å². The van der Waals surface area contributed by atoms with E-state index in [-0.39, 0.29) is 6.10 Å². The molecule has 5 nitrogen and oxygen atoms in total. The van der Waals surface area contributed by atoms with Crippen LogP contribution in [0.25, 0.3) is 10.9 Å². The molecule has 1 aliphatic carbocycles. The van der Waals surface area contributed by atoms with E-state index in [1.807, 2.05) is 24.3 Å². The second-order valence-electron chi connectivity index (χ2n) is 5.69. The molecule has 0 radical (unpaired) electrons. The highest BCUT2D eigenvalue weighted by Crippen LogP contribution is 2.31. The zero-order valence-electron chi connectivity index (χ0n) is 12.4. The predicted octanol–water partition coefficient (Wildman–Crippen LogP) is 3.26. The first-order chi connectivity index (χ1) is 10.3. The molecule has 0 aliphatic heterocycles. The smallest absolute Gasteiger partial charge is 0.241 e. The summed E-state index contributed by atoms with van der Waals surface area (Å²) in [5, 5.41) is 0.940. The average molecular weight is 286 g/mol. The standard InChI is InChI=1S/C16H22N4O/c1-2-11-6-5-7-12(10-11)21-15-13-8-3-4-9-14(13)18-16(19-15)20-17/h3-4,8-9,11-12H,2,5-7,10,17H2,1H3,(H,18,19,20). The van der Waals surface area contributed by atoms with E-state index in [9.17, 15) is 0 Å². The van der Waals surface area contributed by atoms with Crippen LogP contribution in [0, 0.1) is 5.92 Å². The van der Waals surface area contributed by atoms with E-state index in [0.717, 1.165) is 29.7 Å². The predicted molar refractivity (Wildman–Crippen MR) is 84.0 cm³/mol. The number of rotatable bonds is 4. The molecule has 21 heavy (non-hydrogen) atoms. The first-order valence-electron chi connectivity index (χ1n) is 7.70. The summed E-state index contributed by atoms with van der Waals surface area (Å²) >= 11 is 0. The van der Waals surface area contributed by atoms with E-state index >= 15 is 0 Å². The molecular formula is C16H22N4O. The number of hydrogen-bond acceptors (Lipinski definition) is 5. The van der Waals surface area contributed by atoms with Crippen molar-refractivity contribution in [2.24, 2.45) is 11.8 Å². The van der Waals surface area contributed by atoms with Crippen molar-refractivity contribution in [1.82, 2.24) is 9.97 Å². The van der Waals surface area contributed by atoms with Crippen LogP contribution in [0.1, 0.15) is 39.0 Å². The number of nitrogens with two attached hydrogens (primary N) is 1. The van der Waals surface area contributed by atoms with Gasteiger partial charge in [-0.25, -0.2) is 10.8 Å². The summed E-state index contributed by atoms with van der Waals surface area (Å²) in [6.45, 7) is 2.25. The molecule has 0 saturated heterocycles. The first kappa shape index (κ1) is 14.1. The van der Waals surface area contributed by atoms with Crippen LogP contribution in [0.5, 0.6) is 5.88 Å². The lowest BCUT2D eigenvalue weighted by atomic mass is 9.85. The summed E-state index contributed by atoms with van der Waals surface area (Å²) in [6, 6.07) is 7.86. The van der Waals surface area contributed by atoms with Gasteiger partial charge in [0.25, 0.3) is 0 Å². The second-order valence-corrected chi connectivity index (χ2v) is 5.69. The highest BCUT2D eigenvalue weighted by Gasteiger charge is 2.23. The Balaban J connectivity index is 1.88. The van der Waals surface area contributed by atoms with Crippen LogP contribution < -0.4 is 16.0 Å². The number of anilines is 1. The number of nitrogen functional groups attached to an aromatic ring is 1. The largest absolute Gasteiger partial charge is 0.474 e. The number of hydrazine groups is 1. The molecule has 2 aromatic rings. The van der Waals surface area contributed by atoms with Crippen molar-refractivity contribution in [3.8, 4) is 5.88 Å². The molecule has 0 spiro atoms. The zero-order valence-corrected chi connectivity index (χ0v) is 12.4. The Morgan fingerprint density at radius 1 is 1.29 bits per heavy atom. The summed E-state index contributed by atoms with van der Waals surface area (Å²) in [7, 11) is 0. The van der Waals surface area contributed by atoms with Gasteiger partial charge in [0, 0.05) is 0 Å². The van der Waals surface area contributed by atoms with Gasteiger partial charge in [0.2, 0.25) is 11.8 Å². The van der Waals surface area contributed by atoms with Crippen LogP contribution in [0.2, 0.25) is 0 Å². The summed E-state index contributed by atoms with van der Waals surface area (Å²) in [4.78, 5) is 8.75. The minimum absolute atomic E-state index is 0.243. The summed E-state index contributed by atoms with van der Waals surface area (Å²) in [6.07, 6.45) is 6.22. The van der Waals surface area contributed by atoms with Gasteiger partial charge < -0.3 is 4.74 Å². The summed E-state index contributed by atoms with van der Waals surface area (Å²) in [5.41, 5.74) is 3.36. The first-order valence-corrected chi connectivity index (χ1v) is 7.70. The van der Waals surface area contributed by atoms with Crippen molar-refractivity contribution >= 4 is 16.9 Å². The molecule has 3 N–H and O–H groups in total. The number of nitrogens with one attached hydrogen (secondary N) is 1. The fraction of sp³-hybridized carbons (Fsp3) is 0.500. The van der Waals surface area contributed by atoms with Gasteiger partial charge in [-0.15, -0.1) is 0 Å². The van der Waals surface area contributed by atoms with Crippen LogP contribution in [0.15, 0.2) is 24.3 Å². The van der Waals surface area contributed by atoms with Gasteiger partial charge in [-0.05, 0) is 37.3 Å². The maximum absolute atomic E-state index is 6.20. The molecule has 2 unspecified atom stereocenters. The lowest BCUT2D eigenvalue weighted by molar-refractivity contribution is 0.119. The Kier molecular flexibility index (Phi) is 4.20. The van der Waals surface area contributed by atoms with Crippen molar-refractivity contribution in [2.75, 3.05) is 5.43 Å². The van der Waals surface area contributed by atoms with Crippen molar-refractivity contribution in [3.63, 3.8) is 0 Å². The van der Waals surface area contributed by atoms with E-state index in [0.29, 0.717) is 11.8 Å². The lowest BCUT2D eigenvalue weighted by Crippen LogP contribution is -2.25. The number of ether oxygens (including phenoxy) is 1. The van der Waals surface area contributed by atoms with E-state index in [1.165, 1.54) is 19.3 Å². The van der Waals surface area contributed by atoms with Crippen LogP contribution in [0.4, 0.5) is 5.95 Å². The van der Waals surface area contributed by atoms with Gasteiger partial charge in [-0.1, -0.05) is 31.9 Å². The minimum Gasteiger partial charge on any atom is -0.474 e. The molecule has 1 saturated carbocycles. The highest BCUT2D eigenvalue weighted by atomic mass is 16.5. The fourth-order valence-corrected chi connectivity index (χ4v) is 3.08. The Bertz CT molecular complexity index is 616. The number of aromatic nitrogens is 2. The van der Waals surface area contributed by atoms with E-state index in [1.54, 1.807) is 0 Å². The van der Waals surface area contributed by atoms with Gasteiger partial charge in [0.15, 0.2) is 0 Å². The van der Waals surface area contributed by atoms with E-state index in [2.05, 4.69) is 22.3 Å². The fourth-order valence-electron chi connectivity index (χ4n) is 3.08. The molecule has 2 atom stereocenters. The molecule has 1 aliphatic rings. The molecule has 0 bridgehead atoms. The van der Waals surface area contributed by atoms with Crippen molar-refractivity contribution in [2.45, 2.75) is 45.1 Å². The van der Waals surface area contributed by atoms with Gasteiger partial charge in [-0.2, -0.15) is 4.98 Å². The molecule has 1 aromatic carbocycles. The minimum atomic E-state index is 0.243. The van der Waals surface area contributed by atoms with Crippen molar-refractivity contribution in [3.05, 3.63) is 24.3 Å². The Labute approximate surface area is 124 Å². The van der Waals surface area contributed by atoms with Crippen LogP contribution in [-0.4, -0.2) is 16.1 Å². The van der Waals surface area contributed by atoms with Gasteiger partial charge in [0.1, 0.15) is 6.10 Å². The molecule has 1 aromatic heterocycles. The van der Waals surface area contributed by atoms with Crippen molar-refractivity contribution in [1.29, 1.82) is 0 Å². The number of fused-ring (bicyclic) bond motifs is 1. The third-order valence-electron chi connectivity index (χ3n) is 4.29. The zero-order chi connectivity index (χ0) is 14.7. The van der Waals surface area contributed by atoms with Gasteiger partial charge in [-0.3, -0.25) is 5.43 Å². The summed E-state index contributed by atoms with van der Waals surface area (Å²) in [5.74, 6) is 7.25. The molecular weight excluding hydrogens is 264 g/mol. The van der Waals surface area contributed by atoms with Crippen LogP contribution in [-0.2, 0) is 0 Å². The number of para-hydroxylation sites is 1. The monoisotopic (exact) mass is 286 g/mol. The molecule has 112 valence electrons. The topological polar surface area (TPSA) is 73.1 Å². The third-order valence-corrected chi connectivity index (χ3v) is 4.29. The quantitative estimate of drug-likeness (QED) is 0.666. The van der Waals surface area contributed by atoms with Crippen LogP contribution >= 0.6 is 0 Å². The van der Waals surface area contributed by atoms with E-state index < -0.39 is 0 Å². The molecule has 0 amide bonds. The molecule has 1 heterocycles. The van der Waals surface area contributed by atoms with Crippen molar-refractivity contribution < 1.29 is 4.74 Å². The van der Waals surface area contributed by atoms with E-state index in [4.69, 9.17) is 10.6 Å². The maximum atomic E-state index is 6.20. The van der Waals surface area contributed by atoms with Gasteiger partial charge >= 0.3 is 0 Å². The molecule has 5 heteroatoms. The van der Waals surface area contributed by atoms with Crippen LogP contribution in [0.3, 0.4) is 0 Å². The second kappa shape index (κ2) is 6.26. The highest BCUT2D eigenvalue weighted by molar-refractivity contribution is 5.84.